The molecule has 28 heavy (non-hydrogen) atoms. The van der Waals surface area contributed by atoms with Gasteiger partial charge in [0.05, 0.1) is 28.2 Å². The number of carbonyl (C=O) groups is 1. The predicted molar refractivity (Wildman–Crippen MR) is 90.1 cm³/mol. The van der Waals surface area contributed by atoms with Crippen molar-refractivity contribution in [2.45, 2.75) is 19.2 Å². The molecule has 3 N–H and O–H groups in total. The number of aromatic nitrogens is 3. The second kappa shape index (κ2) is 7.04. The number of carbonyl (C=O) groups excluding carboxylic acids is 1. The summed E-state index contributed by atoms with van der Waals surface area (Å²) >= 11 is 0. The van der Waals surface area contributed by atoms with Crippen LogP contribution in [0.3, 0.4) is 0 Å². The molecule has 146 valence electrons. The van der Waals surface area contributed by atoms with Crippen molar-refractivity contribution in [3.63, 3.8) is 0 Å². The van der Waals surface area contributed by atoms with E-state index in [1.165, 1.54) is 29.2 Å². The Labute approximate surface area is 156 Å². The first-order valence-electron chi connectivity index (χ1n) is 7.94. The smallest absolute Gasteiger partial charge is 0.382 e. The number of primary amides is 1. The van der Waals surface area contributed by atoms with Gasteiger partial charge in [0, 0.05) is 12.4 Å². The summed E-state index contributed by atoms with van der Waals surface area (Å²) in [7, 11) is 0. The van der Waals surface area contributed by atoms with Crippen LogP contribution in [0.4, 0.5) is 17.6 Å². The first-order valence-corrected chi connectivity index (χ1v) is 7.94. The number of hydrogen-bond donors (Lipinski definition) is 2. The van der Waals surface area contributed by atoms with Gasteiger partial charge in [0.25, 0.3) is 5.91 Å². The fourth-order valence-corrected chi connectivity index (χ4v) is 2.67. The van der Waals surface area contributed by atoms with Crippen LogP contribution < -0.4 is 5.73 Å². The number of alkyl halides is 3. The summed E-state index contributed by atoms with van der Waals surface area (Å²) in [5.41, 5.74) is 4.67. The molecule has 0 aliphatic rings. The average molecular weight is 394 g/mol. The summed E-state index contributed by atoms with van der Waals surface area (Å²) in [5.74, 6) is -1.80. The summed E-state index contributed by atoms with van der Waals surface area (Å²) in [5, 5.41) is 14.6. The molecular weight excluding hydrogens is 380 g/mol. The third kappa shape index (κ3) is 3.86. The Bertz CT molecular complexity index is 1050. The number of benzene rings is 1. The monoisotopic (exact) mass is 394 g/mol. The van der Waals surface area contributed by atoms with E-state index in [-0.39, 0.29) is 16.8 Å². The molecule has 0 bridgehead atoms. The maximum absolute atomic E-state index is 13.6. The normalized spacial score (nSPS) is 12.8. The SMILES string of the molecule is Cc1nn(-c2ccnc(C(O)c3cc(F)cc(C(F)(F)F)c3)c2)cc1C(N)=O. The van der Waals surface area contributed by atoms with Crippen molar-refractivity contribution < 1.29 is 27.5 Å². The zero-order valence-corrected chi connectivity index (χ0v) is 14.4. The third-order valence-corrected chi connectivity index (χ3v) is 4.04. The van der Waals surface area contributed by atoms with E-state index in [0.29, 0.717) is 23.5 Å². The summed E-state index contributed by atoms with van der Waals surface area (Å²) in [6.07, 6.45) is -3.68. The molecule has 1 atom stereocenters. The number of aliphatic hydroxyl groups is 1. The number of hydrogen-bond acceptors (Lipinski definition) is 4. The Balaban J connectivity index is 2.00. The molecule has 0 saturated carbocycles. The molecule has 2 aromatic heterocycles. The molecule has 1 aromatic carbocycles. The van der Waals surface area contributed by atoms with Crippen LogP contribution in [-0.2, 0) is 6.18 Å². The molecule has 0 saturated heterocycles. The number of halogens is 4. The second-order valence-electron chi connectivity index (χ2n) is 6.05. The Morgan fingerprint density at radius 1 is 1.25 bits per heavy atom. The van der Waals surface area contributed by atoms with E-state index in [4.69, 9.17) is 5.73 Å². The van der Waals surface area contributed by atoms with Crippen molar-refractivity contribution in [2.24, 2.45) is 5.73 Å². The van der Waals surface area contributed by atoms with Gasteiger partial charge in [0.1, 0.15) is 11.9 Å². The summed E-state index contributed by atoms with van der Waals surface area (Å²) < 4.78 is 53.6. The van der Waals surface area contributed by atoms with Crippen LogP contribution in [0.25, 0.3) is 5.69 Å². The molecule has 0 spiro atoms. The highest BCUT2D eigenvalue weighted by molar-refractivity contribution is 5.93. The van der Waals surface area contributed by atoms with Crippen LogP contribution in [-0.4, -0.2) is 25.8 Å². The van der Waals surface area contributed by atoms with Gasteiger partial charge in [-0.2, -0.15) is 18.3 Å². The Morgan fingerprint density at radius 2 is 1.96 bits per heavy atom. The van der Waals surface area contributed by atoms with Gasteiger partial charge in [-0.25, -0.2) is 9.07 Å². The van der Waals surface area contributed by atoms with Crippen LogP contribution in [0.1, 0.15) is 39.0 Å². The summed E-state index contributed by atoms with van der Waals surface area (Å²) in [6.45, 7) is 1.58. The van der Waals surface area contributed by atoms with E-state index >= 15 is 0 Å². The molecular formula is C18H14F4N4O2. The topological polar surface area (TPSA) is 94.0 Å². The minimum Gasteiger partial charge on any atom is -0.382 e. The highest BCUT2D eigenvalue weighted by Crippen LogP contribution is 2.33. The minimum atomic E-state index is -4.76. The van der Waals surface area contributed by atoms with Crippen molar-refractivity contribution >= 4 is 5.91 Å². The molecule has 6 nitrogen and oxygen atoms in total. The summed E-state index contributed by atoms with van der Waals surface area (Å²) in [4.78, 5) is 15.3. The number of aryl methyl sites for hydroxylation is 1. The zero-order valence-electron chi connectivity index (χ0n) is 14.4. The maximum atomic E-state index is 13.6. The molecule has 1 amide bonds. The molecule has 10 heteroatoms. The molecule has 0 radical (unpaired) electrons. The van der Waals surface area contributed by atoms with E-state index in [2.05, 4.69) is 10.1 Å². The van der Waals surface area contributed by atoms with Crippen LogP contribution in [0.5, 0.6) is 0 Å². The van der Waals surface area contributed by atoms with Crippen LogP contribution in [0, 0.1) is 12.7 Å². The van der Waals surface area contributed by atoms with E-state index < -0.39 is 29.6 Å². The standard InChI is InChI=1S/C18H14F4N4O2/c1-9-14(17(23)28)8-26(25-9)13-2-3-24-15(7-13)16(27)10-4-11(18(20,21)22)6-12(19)5-10/h2-8,16,27H,1H3,(H2,23,28). The van der Waals surface area contributed by atoms with Gasteiger partial charge < -0.3 is 10.8 Å². The maximum Gasteiger partial charge on any atom is 0.416 e. The number of rotatable bonds is 4. The average Bonchev–Trinajstić information content (AvgIpc) is 3.02. The zero-order chi connectivity index (χ0) is 20.6. The molecule has 0 aliphatic heterocycles. The molecule has 0 fully saturated rings. The fraction of sp³-hybridized carbons (Fsp3) is 0.167. The van der Waals surface area contributed by atoms with Gasteiger partial charge in [-0.3, -0.25) is 9.78 Å². The Hall–Kier alpha value is -3.27. The van der Waals surface area contributed by atoms with Crippen molar-refractivity contribution in [3.05, 3.63) is 76.6 Å². The number of pyridine rings is 1. The van der Waals surface area contributed by atoms with Crippen molar-refractivity contribution in [3.8, 4) is 5.69 Å². The van der Waals surface area contributed by atoms with E-state index in [1.54, 1.807) is 6.92 Å². The van der Waals surface area contributed by atoms with Crippen molar-refractivity contribution in [2.75, 3.05) is 0 Å². The van der Waals surface area contributed by atoms with Gasteiger partial charge in [-0.15, -0.1) is 0 Å². The van der Waals surface area contributed by atoms with Crippen molar-refractivity contribution in [1.82, 2.24) is 14.8 Å². The predicted octanol–water partition coefficient (Wildman–Crippen LogP) is 2.91. The quantitative estimate of drug-likeness (QED) is 0.666. The van der Waals surface area contributed by atoms with Gasteiger partial charge in [0.15, 0.2) is 0 Å². The lowest BCUT2D eigenvalue weighted by atomic mass is 10.0. The highest BCUT2D eigenvalue weighted by Gasteiger charge is 2.32. The van der Waals surface area contributed by atoms with Crippen LogP contribution in [0.15, 0.2) is 42.7 Å². The van der Waals surface area contributed by atoms with E-state index in [9.17, 15) is 27.5 Å². The molecule has 1 unspecified atom stereocenters. The first-order chi connectivity index (χ1) is 13.1. The number of nitrogens with zero attached hydrogens (tertiary/aromatic N) is 3. The lowest BCUT2D eigenvalue weighted by molar-refractivity contribution is -0.137. The lowest BCUT2D eigenvalue weighted by Gasteiger charge is -2.14. The first kappa shape index (κ1) is 19.5. The number of nitrogens with two attached hydrogens (primary N) is 1. The fourth-order valence-electron chi connectivity index (χ4n) is 2.67. The molecule has 2 heterocycles. The van der Waals surface area contributed by atoms with E-state index in [1.807, 2.05) is 0 Å². The van der Waals surface area contributed by atoms with Crippen LogP contribution >= 0.6 is 0 Å². The number of aliphatic hydroxyl groups excluding tert-OH is 1. The highest BCUT2D eigenvalue weighted by atomic mass is 19.4. The van der Waals surface area contributed by atoms with Crippen molar-refractivity contribution in [1.29, 1.82) is 0 Å². The summed E-state index contributed by atoms with van der Waals surface area (Å²) in [6, 6.07) is 4.68. The second-order valence-corrected chi connectivity index (χ2v) is 6.05. The largest absolute Gasteiger partial charge is 0.416 e. The Morgan fingerprint density at radius 3 is 2.57 bits per heavy atom. The molecule has 0 aliphatic carbocycles. The van der Waals surface area contributed by atoms with Gasteiger partial charge in [-0.1, -0.05) is 0 Å². The van der Waals surface area contributed by atoms with Crippen LogP contribution in [0.2, 0.25) is 0 Å². The third-order valence-electron chi connectivity index (χ3n) is 4.04. The molecule has 3 rings (SSSR count). The van der Waals surface area contributed by atoms with Gasteiger partial charge in [0.2, 0.25) is 0 Å². The van der Waals surface area contributed by atoms with Gasteiger partial charge >= 0.3 is 6.18 Å². The lowest BCUT2D eigenvalue weighted by Crippen LogP contribution is -2.11. The van der Waals surface area contributed by atoms with Gasteiger partial charge in [-0.05, 0) is 42.8 Å². The molecule has 3 aromatic rings. The Kier molecular flexibility index (Phi) is 4.90. The number of amides is 1. The van der Waals surface area contributed by atoms with E-state index in [0.717, 1.165) is 6.07 Å². The minimum absolute atomic E-state index is 0.0231.